The first-order chi connectivity index (χ1) is 12.3. The SMILES string of the molecule is Nc1cc(NC2CCC(Nc3cnccn3)CC2)c2nccnc2c1. The number of nitrogens with zero attached hydrogens (tertiary/aromatic N) is 4. The van der Waals surface area contributed by atoms with Crippen LogP contribution in [0.1, 0.15) is 25.7 Å². The summed E-state index contributed by atoms with van der Waals surface area (Å²) in [7, 11) is 0. The van der Waals surface area contributed by atoms with Crippen LogP contribution in [0.3, 0.4) is 0 Å². The topological polar surface area (TPSA) is 102 Å². The van der Waals surface area contributed by atoms with Crippen LogP contribution in [0.4, 0.5) is 17.2 Å². The second kappa shape index (κ2) is 6.88. The zero-order valence-electron chi connectivity index (χ0n) is 13.9. The summed E-state index contributed by atoms with van der Waals surface area (Å²) in [6.07, 6.45) is 12.9. The standard InChI is InChI=1S/C18H21N7/c19-12-9-15-18(23-8-7-21-15)16(10-12)24-13-1-3-14(4-2-13)25-17-11-20-5-6-22-17/h5-11,13-14,24H,1-4,19H2,(H,22,25). The maximum absolute atomic E-state index is 6.01. The van der Waals surface area contributed by atoms with Crippen LogP contribution < -0.4 is 16.4 Å². The zero-order valence-corrected chi connectivity index (χ0v) is 13.9. The van der Waals surface area contributed by atoms with Crippen molar-refractivity contribution in [3.05, 3.63) is 43.1 Å². The molecule has 0 unspecified atom stereocenters. The first-order valence-corrected chi connectivity index (χ1v) is 8.57. The summed E-state index contributed by atoms with van der Waals surface area (Å²) >= 11 is 0. The molecule has 2 heterocycles. The molecule has 0 spiro atoms. The number of hydrogen-bond donors (Lipinski definition) is 3. The molecule has 1 fully saturated rings. The van der Waals surface area contributed by atoms with E-state index in [2.05, 4.69) is 30.6 Å². The quantitative estimate of drug-likeness (QED) is 0.630. The van der Waals surface area contributed by atoms with Crippen LogP contribution >= 0.6 is 0 Å². The normalized spacial score (nSPS) is 20.3. The monoisotopic (exact) mass is 335 g/mol. The van der Waals surface area contributed by atoms with Crippen LogP contribution in [0, 0.1) is 0 Å². The van der Waals surface area contributed by atoms with Gasteiger partial charge in [0.1, 0.15) is 11.3 Å². The Kier molecular flexibility index (Phi) is 4.28. The van der Waals surface area contributed by atoms with Crippen LogP contribution in [-0.4, -0.2) is 32.0 Å². The van der Waals surface area contributed by atoms with Crippen molar-refractivity contribution >= 4 is 28.2 Å². The third-order valence-electron chi connectivity index (χ3n) is 4.60. The number of nitrogen functional groups attached to an aromatic ring is 1. The Balaban J connectivity index is 1.41. The number of benzene rings is 1. The summed E-state index contributed by atoms with van der Waals surface area (Å²) < 4.78 is 0. The van der Waals surface area contributed by atoms with Crippen LogP contribution in [0.5, 0.6) is 0 Å². The van der Waals surface area contributed by atoms with E-state index in [4.69, 9.17) is 5.73 Å². The summed E-state index contributed by atoms with van der Waals surface area (Å²) in [5, 5.41) is 7.07. The minimum atomic E-state index is 0.409. The molecule has 0 radical (unpaired) electrons. The molecular weight excluding hydrogens is 314 g/mol. The molecule has 2 aromatic heterocycles. The van der Waals surface area contributed by atoms with Crippen molar-refractivity contribution in [2.24, 2.45) is 0 Å². The predicted molar refractivity (Wildman–Crippen MR) is 99.3 cm³/mol. The molecule has 0 bridgehead atoms. The number of nitrogens with one attached hydrogen (secondary N) is 2. The van der Waals surface area contributed by atoms with E-state index in [1.54, 1.807) is 31.0 Å². The van der Waals surface area contributed by atoms with Gasteiger partial charge in [-0.05, 0) is 37.8 Å². The molecule has 4 rings (SSSR count). The molecule has 1 aliphatic carbocycles. The van der Waals surface area contributed by atoms with Crippen LogP contribution in [-0.2, 0) is 0 Å². The Morgan fingerprint density at radius 2 is 1.56 bits per heavy atom. The van der Waals surface area contributed by atoms with E-state index in [-0.39, 0.29) is 0 Å². The first kappa shape index (κ1) is 15.6. The van der Waals surface area contributed by atoms with Gasteiger partial charge in [-0.3, -0.25) is 15.0 Å². The summed E-state index contributed by atoms with van der Waals surface area (Å²) in [4.78, 5) is 17.2. The summed E-state index contributed by atoms with van der Waals surface area (Å²) in [5.74, 6) is 0.844. The highest BCUT2D eigenvalue weighted by atomic mass is 15.0. The molecule has 0 saturated heterocycles. The maximum atomic E-state index is 6.01. The minimum Gasteiger partial charge on any atom is -0.399 e. The summed E-state index contributed by atoms with van der Waals surface area (Å²) in [6, 6.07) is 4.65. The van der Waals surface area contributed by atoms with Crippen molar-refractivity contribution < 1.29 is 0 Å². The largest absolute Gasteiger partial charge is 0.399 e. The predicted octanol–water partition coefficient (Wildman–Crippen LogP) is 2.84. The van der Waals surface area contributed by atoms with E-state index in [0.717, 1.165) is 48.2 Å². The van der Waals surface area contributed by atoms with E-state index in [1.165, 1.54) is 0 Å². The van der Waals surface area contributed by atoms with Crippen molar-refractivity contribution in [1.82, 2.24) is 19.9 Å². The van der Waals surface area contributed by atoms with Gasteiger partial charge in [0.15, 0.2) is 0 Å². The molecule has 1 aromatic carbocycles. The Bertz CT molecular complexity index is 844. The minimum absolute atomic E-state index is 0.409. The van der Waals surface area contributed by atoms with Gasteiger partial charge in [0.2, 0.25) is 0 Å². The Labute approximate surface area is 146 Å². The van der Waals surface area contributed by atoms with Crippen LogP contribution in [0.25, 0.3) is 11.0 Å². The average Bonchev–Trinajstić information content (AvgIpc) is 2.64. The van der Waals surface area contributed by atoms with Gasteiger partial charge in [-0.2, -0.15) is 0 Å². The van der Waals surface area contributed by atoms with Crippen LogP contribution in [0.15, 0.2) is 43.1 Å². The highest BCUT2D eigenvalue weighted by molar-refractivity contribution is 5.90. The molecule has 7 nitrogen and oxygen atoms in total. The fourth-order valence-corrected chi connectivity index (χ4v) is 3.39. The highest BCUT2D eigenvalue weighted by Gasteiger charge is 2.22. The Hall–Kier alpha value is -2.96. The fourth-order valence-electron chi connectivity index (χ4n) is 3.39. The average molecular weight is 335 g/mol. The van der Waals surface area contributed by atoms with Gasteiger partial charge in [-0.25, -0.2) is 4.98 Å². The van der Waals surface area contributed by atoms with Gasteiger partial charge in [0, 0.05) is 42.6 Å². The molecule has 25 heavy (non-hydrogen) atoms. The second-order valence-corrected chi connectivity index (χ2v) is 6.42. The van der Waals surface area contributed by atoms with Gasteiger partial charge in [-0.1, -0.05) is 0 Å². The van der Waals surface area contributed by atoms with Crippen molar-refractivity contribution in [3.63, 3.8) is 0 Å². The smallest absolute Gasteiger partial charge is 0.144 e. The van der Waals surface area contributed by atoms with Crippen molar-refractivity contribution in [3.8, 4) is 0 Å². The Morgan fingerprint density at radius 1 is 0.840 bits per heavy atom. The van der Waals surface area contributed by atoms with Crippen molar-refractivity contribution in [2.45, 2.75) is 37.8 Å². The van der Waals surface area contributed by atoms with E-state index < -0.39 is 0 Å². The lowest BCUT2D eigenvalue weighted by Crippen LogP contribution is -2.32. The van der Waals surface area contributed by atoms with Gasteiger partial charge in [0.05, 0.1) is 17.4 Å². The number of hydrogen-bond acceptors (Lipinski definition) is 7. The first-order valence-electron chi connectivity index (χ1n) is 8.57. The fraction of sp³-hybridized carbons (Fsp3) is 0.333. The van der Waals surface area contributed by atoms with E-state index in [9.17, 15) is 0 Å². The number of rotatable bonds is 4. The van der Waals surface area contributed by atoms with Gasteiger partial charge >= 0.3 is 0 Å². The molecule has 3 aromatic rings. The van der Waals surface area contributed by atoms with Crippen LogP contribution in [0.2, 0.25) is 0 Å². The lowest BCUT2D eigenvalue weighted by atomic mass is 9.91. The van der Waals surface area contributed by atoms with Gasteiger partial charge < -0.3 is 16.4 Å². The van der Waals surface area contributed by atoms with E-state index >= 15 is 0 Å². The third-order valence-corrected chi connectivity index (χ3v) is 4.60. The highest BCUT2D eigenvalue weighted by Crippen LogP contribution is 2.28. The maximum Gasteiger partial charge on any atom is 0.144 e. The summed E-state index contributed by atoms with van der Waals surface area (Å²) in [6.45, 7) is 0. The lowest BCUT2D eigenvalue weighted by molar-refractivity contribution is 0.428. The summed E-state index contributed by atoms with van der Waals surface area (Å²) in [5.41, 5.74) is 9.37. The van der Waals surface area contributed by atoms with Crippen molar-refractivity contribution in [1.29, 1.82) is 0 Å². The number of anilines is 3. The second-order valence-electron chi connectivity index (χ2n) is 6.42. The van der Waals surface area contributed by atoms with E-state index in [0.29, 0.717) is 17.8 Å². The molecule has 1 saturated carbocycles. The number of aromatic nitrogens is 4. The molecule has 0 atom stereocenters. The molecule has 0 amide bonds. The van der Waals surface area contributed by atoms with E-state index in [1.807, 2.05) is 12.1 Å². The molecule has 4 N–H and O–H groups in total. The molecule has 7 heteroatoms. The van der Waals surface area contributed by atoms with Crippen molar-refractivity contribution in [2.75, 3.05) is 16.4 Å². The lowest BCUT2D eigenvalue weighted by Gasteiger charge is -2.30. The van der Waals surface area contributed by atoms with Gasteiger partial charge in [0.25, 0.3) is 0 Å². The zero-order chi connectivity index (χ0) is 17.1. The molecule has 128 valence electrons. The molecule has 0 aliphatic heterocycles. The third kappa shape index (κ3) is 3.60. The number of nitrogens with two attached hydrogens (primary N) is 1. The number of fused-ring (bicyclic) bond motifs is 1. The molecular formula is C18H21N7. The van der Waals surface area contributed by atoms with Gasteiger partial charge in [-0.15, -0.1) is 0 Å². The molecule has 1 aliphatic rings. The Morgan fingerprint density at radius 3 is 2.32 bits per heavy atom.